The highest BCUT2D eigenvalue weighted by Crippen LogP contribution is 2.28. The summed E-state index contributed by atoms with van der Waals surface area (Å²) in [5.41, 5.74) is 0. The summed E-state index contributed by atoms with van der Waals surface area (Å²) in [7, 11) is 2.10. The first kappa shape index (κ1) is 12.6. The van der Waals surface area contributed by atoms with Gasteiger partial charge in [0, 0.05) is 31.4 Å². The van der Waals surface area contributed by atoms with Crippen LogP contribution in [0.15, 0.2) is 12.4 Å². The second-order valence-corrected chi connectivity index (χ2v) is 5.19. The van der Waals surface area contributed by atoms with Crippen LogP contribution in [0.1, 0.15) is 44.9 Å². The first-order chi connectivity index (χ1) is 8.35. The van der Waals surface area contributed by atoms with E-state index < -0.39 is 0 Å². The molecular formula is C14H25N3. The van der Waals surface area contributed by atoms with Crippen molar-refractivity contribution < 1.29 is 0 Å². The van der Waals surface area contributed by atoms with Gasteiger partial charge in [-0.3, -0.25) is 0 Å². The van der Waals surface area contributed by atoms with Gasteiger partial charge in [-0.2, -0.15) is 0 Å². The van der Waals surface area contributed by atoms with Crippen LogP contribution in [0, 0.1) is 5.92 Å². The second kappa shape index (κ2) is 6.20. The van der Waals surface area contributed by atoms with Gasteiger partial charge in [-0.15, -0.1) is 0 Å². The van der Waals surface area contributed by atoms with Gasteiger partial charge in [0.05, 0.1) is 0 Å². The monoisotopic (exact) mass is 235 g/mol. The zero-order valence-corrected chi connectivity index (χ0v) is 11.2. The van der Waals surface area contributed by atoms with Gasteiger partial charge in [0.25, 0.3) is 0 Å². The lowest BCUT2D eigenvalue weighted by Crippen LogP contribution is -2.36. The van der Waals surface area contributed by atoms with Crippen molar-refractivity contribution in [2.24, 2.45) is 5.92 Å². The summed E-state index contributed by atoms with van der Waals surface area (Å²) in [6, 6.07) is 0.613. The molecule has 2 rings (SSSR count). The van der Waals surface area contributed by atoms with E-state index in [-0.39, 0.29) is 0 Å². The summed E-state index contributed by atoms with van der Waals surface area (Å²) < 4.78 is 2.34. The molecule has 0 saturated heterocycles. The maximum absolute atomic E-state index is 4.46. The van der Waals surface area contributed by atoms with Crippen LogP contribution in [0.25, 0.3) is 0 Å². The Morgan fingerprint density at radius 1 is 1.47 bits per heavy atom. The van der Waals surface area contributed by atoms with Crippen molar-refractivity contribution >= 4 is 0 Å². The smallest absolute Gasteiger partial charge is 0.108 e. The first-order valence-corrected chi connectivity index (χ1v) is 7.02. The number of nitrogens with zero attached hydrogens (tertiary/aromatic N) is 2. The molecule has 1 aliphatic carbocycles. The number of aromatic nitrogens is 2. The summed E-state index contributed by atoms with van der Waals surface area (Å²) in [6.45, 7) is 3.29. The van der Waals surface area contributed by atoms with Gasteiger partial charge in [-0.05, 0) is 32.2 Å². The molecule has 1 aromatic heterocycles. The van der Waals surface area contributed by atoms with Gasteiger partial charge in [0.15, 0.2) is 0 Å². The lowest BCUT2D eigenvalue weighted by atomic mass is 9.98. The molecule has 0 aliphatic heterocycles. The maximum Gasteiger partial charge on any atom is 0.108 e. The number of aryl methyl sites for hydroxylation is 1. The van der Waals surface area contributed by atoms with E-state index in [1.807, 2.05) is 6.20 Å². The Balaban J connectivity index is 1.99. The molecule has 1 fully saturated rings. The summed E-state index contributed by atoms with van der Waals surface area (Å²) in [5.74, 6) is 2.10. The lowest BCUT2D eigenvalue weighted by Gasteiger charge is -2.24. The summed E-state index contributed by atoms with van der Waals surface area (Å²) in [4.78, 5) is 4.46. The largest absolute Gasteiger partial charge is 0.333 e. The molecule has 1 heterocycles. The number of imidazole rings is 1. The fourth-order valence-electron chi connectivity index (χ4n) is 3.01. The van der Waals surface area contributed by atoms with E-state index in [4.69, 9.17) is 0 Å². The van der Waals surface area contributed by atoms with Crippen LogP contribution in [0.3, 0.4) is 0 Å². The quantitative estimate of drug-likeness (QED) is 0.821. The first-order valence-electron chi connectivity index (χ1n) is 7.02. The van der Waals surface area contributed by atoms with Crippen LogP contribution < -0.4 is 5.32 Å². The molecule has 3 heteroatoms. The Morgan fingerprint density at radius 2 is 2.24 bits per heavy atom. The Labute approximate surface area is 105 Å². The zero-order chi connectivity index (χ0) is 12.1. The highest BCUT2D eigenvalue weighted by atomic mass is 15.1. The fraction of sp³-hybridized carbons (Fsp3) is 0.786. The van der Waals surface area contributed by atoms with Crippen LogP contribution in [-0.2, 0) is 13.0 Å². The number of hydrogen-bond acceptors (Lipinski definition) is 2. The SMILES string of the molecule is CCCc1nccn1CC(NC)C1CCCC1. The van der Waals surface area contributed by atoms with Crippen molar-refractivity contribution in [2.75, 3.05) is 7.05 Å². The van der Waals surface area contributed by atoms with E-state index in [2.05, 4.69) is 35.0 Å². The molecule has 17 heavy (non-hydrogen) atoms. The van der Waals surface area contributed by atoms with Crippen LogP contribution in [0.5, 0.6) is 0 Å². The third-order valence-electron chi connectivity index (χ3n) is 4.01. The van der Waals surface area contributed by atoms with Crippen LogP contribution >= 0.6 is 0 Å². The van der Waals surface area contributed by atoms with E-state index in [1.54, 1.807) is 0 Å². The van der Waals surface area contributed by atoms with E-state index >= 15 is 0 Å². The molecular weight excluding hydrogens is 210 g/mol. The van der Waals surface area contributed by atoms with Gasteiger partial charge in [0.2, 0.25) is 0 Å². The average Bonchev–Trinajstić information content (AvgIpc) is 2.97. The Morgan fingerprint density at radius 3 is 2.88 bits per heavy atom. The molecule has 3 nitrogen and oxygen atoms in total. The molecule has 1 N–H and O–H groups in total. The predicted octanol–water partition coefficient (Wildman–Crippen LogP) is 2.61. The van der Waals surface area contributed by atoms with Gasteiger partial charge in [-0.1, -0.05) is 19.8 Å². The zero-order valence-electron chi connectivity index (χ0n) is 11.2. The van der Waals surface area contributed by atoms with E-state index in [0.717, 1.165) is 18.9 Å². The highest BCUT2D eigenvalue weighted by molar-refractivity contribution is 4.94. The molecule has 1 aliphatic rings. The molecule has 0 amide bonds. The predicted molar refractivity (Wildman–Crippen MR) is 71.0 cm³/mol. The third-order valence-corrected chi connectivity index (χ3v) is 4.01. The minimum atomic E-state index is 0.613. The number of hydrogen-bond donors (Lipinski definition) is 1. The van der Waals surface area contributed by atoms with Gasteiger partial charge < -0.3 is 9.88 Å². The van der Waals surface area contributed by atoms with Crippen molar-refractivity contribution in [3.05, 3.63) is 18.2 Å². The Kier molecular flexibility index (Phi) is 4.60. The highest BCUT2D eigenvalue weighted by Gasteiger charge is 2.24. The van der Waals surface area contributed by atoms with Crippen molar-refractivity contribution in [3.8, 4) is 0 Å². The average molecular weight is 235 g/mol. The standard InChI is InChI=1S/C14H25N3/c1-3-6-14-16-9-10-17(14)11-13(15-2)12-7-4-5-8-12/h9-10,12-13,15H,3-8,11H2,1-2H3. The second-order valence-electron chi connectivity index (χ2n) is 5.19. The summed E-state index contributed by atoms with van der Waals surface area (Å²) in [5, 5.41) is 3.50. The van der Waals surface area contributed by atoms with Gasteiger partial charge >= 0.3 is 0 Å². The van der Waals surface area contributed by atoms with Gasteiger partial charge in [-0.25, -0.2) is 4.98 Å². The van der Waals surface area contributed by atoms with Crippen LogP contribution in [0.4, 0.5) is 0 Å². The van der Waals surface area contributed by atoms with Crippen LogP contribution in [0.2, 0.25) is 0 Å². The summed E-state index contributed by atoms with van der Waals surface area (Å²) >= 11 is 0. The normalized spacial score (nSPS) is 18.7. The van der Waals surface area contributed by atoms with Crippen molar-refractivity contribution in [1.82, 2.24) is 14.9 Å². The molecule has 0 bridgehead atoms. The fourth-order valence-corrected chi connectivity index (χ4v) is 3.01. The number of nitrogens with one attached hydrogen (secondary N) is 1. The number of likely N-dealkylation sites (N-methyl/N-ethyl adjacent to an activating group) is 1. The Bertz CT molecular complexity index is 326. The van der Waals surface area contributed by atoms with Crippen molar-refractivity contribution in [1.29, 1.82) is 0 Å². The molecule has 96 valence electrons. The van der Waals surface area contributed by atoms with Crippen molar-refractivity contribution in [3.63, 3.8) is 0 Å². The minimum Gasteiger partial charge on any atom is -0.333 e. The lowest BCUT2D eigenvalue weighted by molar-refractivity contribution is 0.336. The molecule has 1 saturated carbocycles. The van der Waals surface area contributed by atoms with Gasteiger partial charge in [0.1, 0.15) is 5.82 Å². The van der Waals surface area contributed by atoms with E-state index in [0.29, 0.717) is 6.04 Å². The third kappa shape index (κ3) is 3.09. The van der Waals surface area contributed by atoms with Crippen LogP contribution in [-0.4, -0.2) is 22.6 Å². The molecule has 1 unspecified atom stereocenters. The molecule has 0 radical (unpaired) electrons. The molecule has 0 spiro atoms. The Hall–Kier alpha value is -0.830. The molecule has 0 aromatic carbocycles. The summed E-state index contributed by atoms with van der Waals surface area (Å²) in [6.07, 6.45) is 11.9. The van der Waals surface area contributed by atoms with Crippen molar-refractivity contribution in [2.45, 2.75) is 58.0 Å². The molecule has 1 aromatic rings. The molecule has 1 atom stereocenters. The minimum absolute atomic E-state index is 0.613. The number of rotatable bonds is 6. The van der Waals surface area contributed by atoms with E-state index in [9.17, 15) is 0 Å². The maximum atomic E-state index is 4.46. The topological polar surface area (TPSA) is 29.9 Å². The van der Waals surface area contributed by atoms with E-state index in [1.165, 1.54) is 37.9 Å².